The smallest absolute Gasteiger partial charge is 0.355 e. The Morgan fingerprint density at radius 1 is 1.35 bits per heavy atom. The van der Waals surface area contributed by atoms with Gasteiger partial charge in [0.25, 0.3) is 0 Å². The molecule has 2 heterocycles. The van der Waals surface area contributed by atoms with Crippen LogP contribution >= 0.6 is 11.8 Å². The number of para-hydroxylation sites is 1. The topological polar surface area (TPSA) is 77.2 Å². The highest BCUT2D eigenvalue weighted by Crippen LogP contribution is 2.37. The summed E-state index contributed by atoms with van der Waals surface area (Å²) in [5, 5.41) is 11.9. The van der Waals surface area contributed by atoms with Gasteiger partial charge in [0, 0.05) is 5.56 Å². The maximum atomic E-state index is 12.5. The largest absolute Gasteiger partial charge is 0.507 e. The number of carbonyl (C=O) groups excluding carboxylic acids is 1. The molecule has 0 fully saturated rings. The number of phenolic OH excluding ortho intramolecular Hbond substituents is 1. The van der Waals surface area contributed by atoms with Gasteiger partial charge in [-0.15, -0.1) is 11.8 Å². The van der Waals surface area contributed by atoms with Crippen molar-refractivity contribution in [3.05, 3.63) is 42.7 Å². The zero-order valence-electron chi connectivity index (χ0n) is 14.8. The molecule has 0 unspecified atom stereocenters. The van der Waals surface area contributed by atoms with Crippen molar-refractivity contribution in [3.8, 4) is 17.0 Å². The van der Waals surface area contributed by atoms with E-state index in [2.05, 4.69) is 9.97 Å². The van der Waals surface area contributed by atoms with Crippen molar-refractivity contribution in [2.45, 2.75) is 18.9 Å². The summed E-state index contributed by atoms with van der Waals surface area (Å²) < 4.78 is 6.92. The first kappa shape index (κ1) is 18.0. The Labute approximate surface area is 155 Å². The van der Waals surface area contributed by atoms with E-state index in [4.69, 9.17) is 4.74 Å². The maximum Gasteiger partial charge on any atom is 0.355 e. The van der Waals surface area contributed by atoms with Crippen LogP contribution in [0.25, 0.3) is 28.0 Å². The van der Waals surface area contributed by atoms with E-state index >= 15 is 0 Å². The summed E-state index contributed by atoms with van der Waals surface area (Å²) in [6.07, 6.45) is 5.08. The Balaban J connectivity index is 2.37. The first-order valence-electron chi connectivity index (χ1n) is 8.15. The Bertz CT molecular complexity index is 995. The first-order valence-corrected chi connectivity index (χ1v) is 9.37. The van der Waals surface area contributed by atoms with E-state index in [0.29, 0.717) is 22.6 Å². The number of aromatic hydroxyl groups is 1. The third-order valence-corrected chi connectivity index (χ3v) is 4.64. The van der Waals surface area contributed by atoms with Crippen LogP contribution in [0.2, 0.25) is 0 Å². The monoisotopic (exact) mass is 369 g/mol. The van der Waals surface area contributed by atoms with E-state index in [1.54, 1.807) is 42.7 Å². The summed E-state index contributed by atoms with van der Waals surface area (Å²) in [5.74, 6) is -0.331. The minimum absolute atomic E-state index is 0.120. The molecule has 0 aliphatic heterocycles. The zero-order valence-corrected chi connectivity index (χ0v) is 15.6. The van der Waals surface area contributed by atoms with Gasteiger partial charge in [-0.25, -0.2) is 14.8 Å². The summed E-state index contributed by atoms with van der Waals surface area (Å²) in [6, 6.07) is 8.88. The number of hydrogen-bond donors (Lipinski definition) is 1. The second-order valence-corrected chi connectivity index (χ2v) is 6.19. The van der Waals surface area contributed by atoms with Crippen LogP contribution in [0.1, 0.15) is 13.8 Å². The summed E-state index contributed by atoms with van der Waals surface area (Å²) in [4.78, 5) is 21.2. The number of rotatable bonds is 5. The average molecular weight is 369 g/mol. The van der Waals surface area contributed by atoms with E-state index in [1.165, 1.54) is 18.1 Å². The van der Waals surface area contributed by atoms with Crippen LogP contribution < -0.4 is 0 Å². The van der Waals surface area contributed by atoms with E-state index in [0.717, 1.165) is 10.4 Å². The molecule has 134 valence electrons. The molecule has 6 nitrogen and oxygen atoms in total. The van der Waals surface area contributed by atoms with Gasteiger partial charge in [0.05, 0.1) is 17.7 Å². The number of thioether (sulfide) groups is 1. The number of hydrogen-bond acceptors (Lipinski definition) is 6. The highest BCUT2D eigenvalue weighted by Gasteiger charge is 2.23. The molecule has 0 amide bonds. The van der Waals surface area contributed by atoms with Crippen LogP contribution in [0, 0.1) is 0 Å². The molecule has 0 atom stereocenters. The summed E-state index contributed by atoms with van der Waals surface area (Å²) >= 11 is 1.50. The number of nitrogens with zero attached hydrogens (tertiary/aromatic N) is 3. The maximum absolute atomic E-state index is 12.5. The Morgan fingerprint density at radius 2 is 2.12 bits per heavy atom. The normalized spacial score (nSPS) is 11.7. The predicted molar refractivity (Wildman–Crippen MR) is 103 cm³/mol. The van der Waals surface area contributed by atoms with Crippen LogP contribution in [0.15, 0.2) is 47.8 Å². The lowest BCUT2D eigenvalue weighted by atomic mass is 10.1. The Kier molecular flexibility index (Phi) is 5.27. The molecule has 0 aliphatic carbocycles. The third-order valence-electron chi connectivity index (χ3n) is 3.93. The zero-order chi connectivity index (χ0) is 18.7. The lowest BCUT2D eigenvalue weighted by Crippen LogP contribution is -2.13. The number of carbonyl (C=O) groups is 1. The number of ether oxygens (including phenoxy) is 1. The standard InChI is InChI=1S/C19H19N3O3S/c1-4-14(19(24)25-5-2)22-15(12-8-6-7-9-16(12)23)10-13-17(22)20-11-21-18(13)26-3/h4,6-11,23H,5H2,1-3H3/b14-4+. The third kappa shape index (κ3) is 3.06. The SMILES string of the molecule is C/C=C(\C(=O)OCC)n1c(-c2ccccc2O)cc2c(SC)ncnc21. The van der Waals surface area contributed by atoms with Gasteiger partial charge in [-0.05, 0) is 38.3 Å². The van der Waals surface area contributed by atoms with Gasteiger partial charge >= 0.3 is 5.97 Å². The molecular formula is C19H19N3O3S. The second-order valence-electron chi connectivity index (χ2n) is 5.40. The molecule has 3 aromatic rings. The van der Waals surface area contributed by atoms with Gasteiger partial charge in [0.2, 0.25) is 0 Å². The van der Waals surface area contributed by atoms with E-state index in [1.807, 2.05) is 18.4 Å². The number of benzene rings is 1. The van der Waals surface area contributed by atoms with Gasteiger partial charge in [-0.3, -0.25) is 4.57 Å². The number of allylic oxidation sites excluding steroid dienone is 1. The van der Waals surface area contributed by atoms with E-state index in [-0.39, 0.29) is 12.4 Å². The Morgan fingerprint density at radius 3 is 2.77 bits per heavy atom. The van der Waals surface area contributed by atoms with Gasteiger partial charge in [-0.2, -0.15) is 0 Å². The minimum Gasteiger partial charge on any atom is -0.507 e. The molecule has 1 aromatic carbocycles. The highest BCUT2D eigenvalue weighted by molar-refractivity contribution is 7.98. The molecule has 3 rings (SSSR count). The van der Waals surface area contributed by atoms with E-state index in [9.17, 15) is 9.90 Å². The summed E-state index contributed by atoms with van der Waals surface area (Å²) in [5.41, 5.74) is 2.17. The van der Waals surface area contributed by atoms with Crippen LogP contribution in [0.4, 0.5) is 0 Å². The van der Waals surface area contributed by atoms with Gasteiger partial charge in [0.15, 0.2) is 0 Å². The lowest BCUT2D eigenvalue weighted by Gasteiger charge is -2.14. The molecule has 0 saturated carbocycles. The molecule has 0 aliphatic rings. The Hall–Kier alpha value is -2.80. The fourth-order valence-corrected chi connectivity index (χ4v) is 3.35. The number of aromatic nitrogens is 3. The molecule has 0 spiro atoms. The number of fused-ring (bicyclic) bond motifs is 1. The van der Waals surface area contributed by atoms with Crippen molar-refractivity contribution < 1.29 is 14.6 Å². The van der Waals surface area contributed by atoms with E-state index < -0.39 is 5.97 Å². The minimum atomic E-state index is -0.450. The van der Waals surface area contributed by atoms with Crippen molar-refractivity contribution in [2.75, 3.05) is 12.9 Å². The molecular weight excluding hydrogens is 350 g/mol. The second kappa shape index (κ2) is 7.61. The van der Waals surface area contributed by atoms with Gasteiger partial charge in [0.1, 0.15) is 28.4 Å². The highest BCUT2D eigenvalue weighted by atomic mass is 32.2. The van der Waals surface area contributed by atoms with Crippen LogP contribution in [0.5, 0.6) is 5.75 Å². The van der Waals surface area contributed by atoms with Crippen LogP contribution in [-0.2, 0) is 9.53 Å². The molecule has 26 heavy (non-hydrogen) atoms. The van der Waals surface area contributed by atoms with Gasteiger partial charge < -0.3 is 9.84 Å². The van der Waals surface area contributed by atoms with Crippen molar-refractivity contribution in [1.29, 1.82) is 0 Å². The molecule has 2 aromatic heterocycles. The first-order chi connectivity index (χ1) is 12.6. The average Bonchev–Trinajstić information content (AvgIpc) is 3.02. The molecule has 1 N–H and O–H groups in total. The fraction of sp³-hybridized carbons (Fsp3) is 0.211. The molecule has 0 saturated heterocycles. The molecule has 0 radical (unpaired) electrons. The number of esters is 1. The van der Waals surface area contributed by atoms with Crippen molar-refractivity contribution >= 4 is 34.5 Å². The van der Waals surface area contributed by atoms with Crippen LogP contribution in [-0.4, -0.2) is 38.5 Å². The predicted octanol–water partition coefficient (Wildman–Crippen LogP) is 3.95. The fourth-order valence-electron chi connectivity index (χ4n) is 2.83. The quantitative estimate of drug-likeness (QED) is 0.318. The van der Waals surface area contributed by atoms with Gasteiger partial charge in [-0.1, -0.05) is 18.2 Å². The summed E-state index contributed by atoms with van der Waals surface area (Å²) in [7, 11) is 0. The summed E-state index contributed by atoms with van der Waals surface area (Å²) in [6.45, 7) is 3.80. The van der Waals surface area contributed by atoms with Crippen LogP contribution in [0.3, 0.4) is 0 Å². The number of phenols is 1. The van der Waals surface area contributed by atoms with Crippen molar-refractivity contribution in [1.82, 2.24) is 14.5 Å². The van der Waals surface area contributed by atoms with Crippen molar-refractivity contribution in [3.63, 3.8) is 0 Å². The lowest BCUT2D eigenvalue weighted by molar-refractivity contribution is -0.136. The molecule has 7 heteroatoms. The molecule has 0 bridgehead atoms. The van der Waals surface area contributed by atoms with Crippen molar-refractivity contribution in [2.24, 2.45) is 0 Å².